The summed E-state index contributed by atoms with van der Waals surface area (Å²) in [5.41, 5.74) is 7.36. The molecule has 3 aliphatic heterocycles. The number of piperidine rings is 1. The molecule has 4 aromatic rings. The zero-order valence-electron chi connectivity index (χ0n) is 32.9. The van der Waals surface area contributed by atoms with E-state index in [1.165, 1.54) is 11.1 Å². The van der Waals surface area contributed by atoms with Gasteiger partial charge in [-0.15, -0.1) is 0 Å². The van der Waals surface area contributed by atoms with Crippen molar-refractivity contribution in [2.24, 2.45) is 16.6 Å². The van der Waals surface area contributed by atoms with Crippen LogP contribution in [0.2, 0.25) is 5.02 Å². The maximum Gasteiger partial charge on any atom is 0.262 e. The molecule has 1 saturated heterocycles. The fraction of sp³-hybridized carbons (Fsp3) is 0.395. The van der Waals surface area contributed by atoms with Crippen LogP contribution in [-0.2, 0) is 29.2 Å². The minimum absolute atomic E-state index is 0.00192. The predicted octanol–water partition coefficient (Wildman–Crippen LogP) is 5.28. The summed E-state index contributed by atoms with van der Waals surface area (Å²) >= 11 is 6.21. The first kappa shape index (κ1) is 39.6. The SMILES string of the molecule is CC1(C)C[C@@](C)(COc2ccc(C#N)c(Cl)c2)[C@@H]1N1C(=O)CCC(N2C(=O)c3ccc(OCCCCn4cc5c(n4)CN(c4ccc(C(N)=O)cn4)C5)cc3C2=O)C1=O. The standard InChI is InChI=1S/C43H43ClN8O7/c1-42(2)23-43(3,24-59-29-8-6-25(18-45)32(44)17-29)41(42)52-36(53)13-11-34(40(52)57)51-38(55)30-10-9-28(16-31(30)39(51)56)58-15-5-4-14-50-21-27-20-49(22-33(27)48-50)35-12-7-26(19-47-35)37(46)54/h6-10,12,16-17,19,21,34,41H,4-5,11,13-15,20,22-24H2,1-3H3,(H2,46,54)/t34?,41-,43+/m1/s1. The number of ether oxygens (including phenoxy) is 2. The van der Waals surface area contributed by atoms with Crippen molar-refractivity contribution in [2.45, 2.75) is 84.6 Å². The van der Waals surface area contributed by atoms with Gasteiger partial charge in [0.15, 0.2) is 0 Å². The molecule has 304 valence electrons. The topological polar surface area (TPSA) is 194 Å². The van der Waals surface area contributed by atoms with E-state index in [-0.39, 0.29) is 41.5 Å². The minimum Gasteiger partial charge on any atom is -0.494 e. The summed E-state index contributed by atoms with van der Waals surface area (Å²) in [6, 6.07) is 13.3. The Kier molecular flexibility index (Phi) is 10.2. The molecule has 5 heterocycles. The van der Waals surface area contributed by atoms with Crippen LogP contribution in [0, 0.1) is 22.2 Å². The number of hydrogen-bond acceptors (Lipinski definition) is 11. The summed E-state index contributed by atoms with van der Waals surface area (Å²) < 4.78 is 14.0. The number of aromatic nitrogens is 3. The number of likely N-dealkylation sites (tertiary alicyclic amines) is 1. The molecule has 2 fully saturated rings. The molecule has 4 aliphatic rings. The van der Waals surface area contributed by atoms with Gasteiger partial charge in [-0.2, -0.15) is 10.4 Å². The highest BCUT2D eigenvalue weighted by molar-refractivity contribution is 6.31. The number of unbranched alkanes of at least 4 members (excludes halogenated alkanes) is 1. The van der Waals surface area contributed by atoms with E-state index in [9.17, 15) is 29.2 Å². The van der Waals surface area contributed by atoms with Crippen molar-refractivity contribution in [1.82, 2.24) is 24.6 Å². The van der Waals surface area contributed by atoms with Gasteiger partial charge in [-0.05, 0) is 73.6 Å². The average molecular weight is 819 g/mol. The highest BCUT2D eigenvalue weighted by atomic mass is 35.5. The van der Waals surface area contributed by atoms with Gasteiger partial charge in [-0.3, -0.25) is 38.5 Å². The first-order valence-electron chi connectivity index (χ1n) is 19.6. The van der Waals surface area contributed by atoms with Gasteiger partial charge >= 0.3 is 0 Å². The van der Waals surface area contributed by atoms with Gasteiger partial charge in [-0.1, -0.05) is 32.4 Å². The van der Waals surface area contributed by atoms with Crippen molar-refractivity contribution >= 4 is 47.0 Å². The molecular formula is C43H43ClN8O7. The summed E-state index contributed by atoms with van der Waals surface area (Å²) in [6.45, 7) is 8.43. The number of nitriles is 1. The maximum atomic E-state index is 14.3. The Morgan fingerprint density at radius 3 is 2.42 bits per heavy atom. The fourth-order valence-corrected chi connectivity index (χ4v) is 9.66. The predicted molar refractivity (Wildman–Crippen MR) is 213 cm³/mol. The number of amides is 5. The molecule has 0 spiro atoms. The number of nitrogens with two attached hydrogens (primary N) is 1. The second-order valence-corrected chi connectivity index (χ2v) is 17.1. The third-order valence-corrected chi connectivity index (χ3v) is 12.1. The quantitative estimate of drug-likeness (QED) is 0.136. The molecule has 1 saturated carbocycles. The van der Waals surface area contributed by atoms with Gasteiger partial charge in [0.1, 0.15) is 29.4 Å². The molecule has 0 radical (unpaired) electrons. The number of benzene rings is 2. The third-order valence-electron chi connectivity index (χ3n) is 11.8. The van der Waals surface area contributed by atoms with Gasteiger partial charge in [-0.25, -0.2) is 4.98 Å². The van der Waals surface area contributed by atoms with E-state index in [0.717, 1.165) is 28.4 Å². The summed E-state index contributed by atoms with van der Waals surface area (Å²) in [5.74, 6) is -0.973. The van der Waals surface area contributed by atoms with Crippen LogP contribution in [0.15, 0.2) is 60.9 Å². The Bertz CT molecular complexity index is 2420. The van der Waals surface area contributed by atoms with Gasteiger partial charge in [0.25, 0.3) is 17.7 Å². The van der Waals surface area contributed by atoms with Crippen LogP contribution >= 0.6 is 11.6 Å². The number of primary amides is 1. The number of aryl methyl sites for hydroxylation is 1. The van der Waals surface area contributed by atoms with E-state index in [0.29, 0.717) is 61.7 Å². The van der Waals surface area contributed by atoms with Crippen molar-refractivity contribution in [3.05, 3.63) is 99.5 Å². The molecule has 15 nitrogen and oxygen atoms in total. The van der Waals surface area contributed by atoms with Gasteiger partial charge in [0.05, 0.1) is 58.8 Å². The van der Waals surface area contributed by atoms with E-state index >= 15 is 0 Å². The molecule has 3 atom stereocenters. The molecule has 8 rings (SSSR count). The number of anilines is 1. The number of imide groups is 2. The number of hydrogen-bond donors (Lipinski definition) is 1. The fourth-order valence-electron chi connectivity index (χ4n) is 9.44. The van der Waals surface area contributed by atoms with E-state index in [2.05, 4.69) is 9.88 Å². The van der Waals surface area contributed by atoms with E-state index in [1.807, 2.05) is 37.7 Å². The zero-order valence-corrected chi connectivity index (χ0v) is 33.7. The second-order valence-electron chi connectivity index (χ2n) is 16.7. The summed E-state index contributed by atoms with van der Waals surface area (Å²) in [5, 5.41) is 14.2. The van der Waals surface area contributed by atoms with Crippen molar-refractivity contribution in [2.75, 3.05) is 18.1 Å². The van der Waals surface area contributed by atoms with Crippen LogP contribution in [0.1, 0.15) is 101 Å². The van der Waals surface area contributed by atoms with Crippen molar-refractivity contribution in [3.63, 3.8) is 0 Å². The van der Waals surface area contributed by atoms with Crippen LogP contribution in [0.3, 0.4) is 0 Å². The maximum absolute atomic E-state index is 14.3. The highest BCUT2D eigenvalue weighted by Crippen LogP contribution is 2.57. The number of halogens is 1. The molecule has 5 amide bonds. The largest absolute Gasteiger partial charge is 0.494 e. The van der Waals surface area contributed by atoms with Crippen molar-refractivity contribution in [3.8, 4) is 17.6 Å². The second kappa shape index (κ2) is 15.2. The van der Waals surface area contributed by atoms with Crippen molar-refractivity contribution < 1.29 is 33.4 Å². The molecule has 59 heavy (non-hydrogen) atoms. The van der Waals surface area contributed by atoms with Gasteiger partial charge in [0.2, 0.25) is 11.8 Å². The molecule has 0 bridgehead atoms. The first-order chi connectivity index (χ1) is 28.2. The monoisotopic (exact) mass is 818 g/mol. The molecular weight excluding hydrogens is 776 g/mol. The molecule has 2 aromatic heterocycles. The lowest BCUT2D eigenvalue weighted by atomic mass is 9.50. The van der Waals surface area contributed by atoms with Crippen LogP contribution in [-0.4, -0.2) is 79.4 Å². The van der Waals surface area contributed by atoms with Gasteiger partial charge < -0.3 is 20.1 Å². The lowest BCUT2D eigenvalue weighted by Crippen LogP contribution is -2.71. The lowest BCUT2D eigenvalue weighted by Gasteiger charge is -2.62. The molecule has 16 heteroatoms. The molecule has 2 N–H and O–H groups in total. The third kappa shape index (κ3) is 7.26. The summed E-state index contributed by atoms with van der Waals surface area (Å²) in [6.07, 6.45) is 5.70. The average Bonchev–Trinajstić information content (AvgIpc) is 3.85. The molecule has 1 aliphatic carbocycles. The number of carbonyl (C=O) groups is 5. The Hall–Kier alpha value is -6.27. The zero-order chi connectivity index (χ0) is 41.8. The summed E-state index contributed by atoms with van der Waals surface area (Å²) in [4.78, 5) is 75.5. The normalized spacial score (nSPS) is 21.9. The number of nitrogens with zero attached hydrogens (tertiary/aromatic N) is 7. The van der Waals surface area contributed by atoms with Crippen LogP contribution < -0.4 is 20.1 Å². The summed E-state index contributed by atoms with van der Waals surface area (Å²) in [7, 11) is 0. The number of pyridine rings is 1. The molecule has 2 aromatic carbocycles. The van der Waals surface area contributed by atoms with Gasteiger partial charge in [0, 0.05) is 48.9 Å². The Labute approximate surface area is 345 Å². The lowest BCUT2D eigenvalue weighted by molar-refractivity contribution is -0.183. The molecule has 1 unspecified atom stereocenters. The number of carbonyl (C=O) groups excluding carboxylic acids is 5. The van der Waals surface area contributed by atoms with Crippen LogP contribution in [0.5, 0.6) is 11.5 Å². The highest BCUT2D eigenvalue weighted by Gasteiger charge is 2.63. The number of fused-ring (bicyclic) bond motifs is 2. The van der Waals surface area contributed by atoms with E-state index in [4.69, 9.17) is 31.9 Å². The smallest absolute Gasteiger partial charge is 0.262 e. The Morgan fingerprint density at radius 2 is 1.73 bits per heavy atom. The van der Waals surface area contributed by atoms with E-state index in [1.54, 1.807) is 48.5 Å². The van der Waals surface area contributed by atoms with Crippen LogP contribution in [0.4, 0.5) is 5.82 Å². The minimum atomic E-state index is -1.14. The van der Waals surface area contributed by atoms with Crippen LogP contribution in [0.25, 0.3) is 0 Å². The van der Waals surface area contributed by atoms with Crippen molar-refractivity contribution in [1.29, 1.82) is 5.26 Å². The number of rotatable bonds is 13. The first-order valence-corrected chi connectivity index (χ1v) is 19.9. The Morgan fingerprint density at radius 1 is 0.966 bits per heavy atom. The van der Waals surface area contributed by atoms with E-state index < -0.39 is 46.5 Å². The Balaban J connectivity index is 0.857.